The fraction of sp³-hybridized carbons (Fsp3) is 0.200. The van der Waals surface area contributed by atoms with Crippen molar-refractivity contribution in [1.82, 2.24) is 0 Å². The lowest BCUT2D eigenvalue weighted by Crippen LogP contribution is -1.89. The summed E-state index contributed by atoms with van der Waals surface area (Å²) in [7, 11) is 1.68. The maximum Gasteiger partial charge on any atom is 0.126 e. The summed E-state index contributed by atoms with van der Waals surface area (Å²) in [5, 5.41) is 9.02. The molecule has 2 nitrogen and oxygen atoms in total. The Morgan fingerprint density at radius 3 is 2.35 bits per heavy atom. The number of hydrogen-bond acceptors (Lipinski definition) is 2. The predicted molar refractivity (Wildman–Crippen MR) is 69.1 cm³/mol. The van der Waals surface area contributed by atoms with Crippen LogP contribution in [0.15, 0.2) is 42.5 Å². The summed E-state index contributed by atoms with van der Waals surface area (Å²) in [6.45, 7) is 2.14. The van der Waals surface area contributed by atoms with Gasteiger partial charge in [0.25, 0.3) is 0 Å². The summed E-state index contributed by atoms with van der Waals surface area (Å²) in [6.07, 6.45) is 0. The summed E-state index contributed by atoms with van der Waals surface area (Å²) in [5.41, 5.74) is 4.30. The highest BCUT2D eigenvalue weighted by atomic mass is 16.5. The number of rotatable bonds is 3. The Labute approximate surface area is 101 Å². The third kappa shape index (κ3) is 2.48. The molecule has 1 N–H and O–H groups in total. The first-order valence-electron chi connectivity index (χ1n) is 5.59. The van der Waals surface area contributed by atoms with E-state index in [4.69, 9.17) is 9.84 Å². The quantitative estimate of drug-likeness (QED) is 0.874. The smallest absolute Gasteiger partial charge is 0.126 e. The molecule has 0 aliphatic heterocycles. The van der Waals surface area contributed by atoms with Crippen LogP contribution in [0.3, 0.4) is 0 Å². The van der Waals surface area contributed by atoms with Crippen molar-refractivity contribution >= 4 is 0 Å². The van der Waals surface area contributed by atoms with E-state index in [-0.39, 0.29) is 6.61 Å². The molecule has 88 valence electrons. The molecule has 2 aromatic carbocycles. The van der Waals surface area contributed by atoms with Crippen LogP contribution in [0.25, 0.3) is 11.1 Å². The van der Waals surface area contributed by atoms with Gasteiger partial charge in [-0.05, 0) is 30.2 Å². The van der Waals surface area contributed by atoms with E-state index in [1.807, 2.05) is 36.4 Å². The molecule has 0 atom stereocenters. The molecule has 0 aromatic heterocycles. The molecule has 0 spiro atoms. The number of ether oxygens (including phenoxy) is 1. The van der Waals surface area contributed by atoms with Crippen LogP contribution in [-0.2, 0) is 6.61 Å². The zero-order valence-corrected chi connectivity index (χ0v) is 10.1. The highest BCUT2D eigenvalue weighted by molar-refractivity contribution is 5.71. The Morgan fingerprint density at radius 2 is 1.76 bits per heavy atom. The fourth-order valence-corrected chi connectivity index (χ4v) is 1.84. The summed E-state index contributed by atoms with van der Waals surface area (Å²) in [4.78, 5) is 0. The van der Waals surface area contributed by atoms with Crippen molar-refractivity contribution in [1.29, 1.82) is 0 Å². The molecule has 0 amide bonds. The van der Waals surface area contributed by atoms with E-state index in [1.54, 1.807) is 7.11 Å². The SMILES string of the molecule is COc1ccc(C)cc1-c1ccc(CO)cc1. The van der Waals surface area contributed by atoms with Crippen LogP contribution in [0.1, 0.15) is 11.1 Å². The molecule has 0 aliphatic rings. The van der Waals surface area contributed by atoms with Crippen LogP contribution in [0, 0.1) is 6.92 Å². The van der Waals surface area contributed by atoms with Crippen molar-refractivity contribution in [3.05, 3.63) is 53.6 Å². The Morgan fingerprint density at radius 1 is 1.06 bits per heavy atom. The highest BCUT2D eigenvalue weighted by Gasteiger charge is 2.05. The molecule has 0 fully saturated rings. The van der Waals surface area contributed by atoms with Gasteiger partial charge in [-0.2, -0.15) is 0 Å². The zero-order valence-electron chi connectivity index (χ0n) is 10.1. The molecule has 0 saturated carbocycles. The first-order chi connectivity index (χ1) is 8.24. The molecule has 0 radical (unpaired) electrons. The third-order valence-corrected chi connectivity index (χ3v) is 2.80. The van der Waals surface area contributed by atoms with Gasteiger partial charge < -0.3 is 9.84 Å². The van der Waals surface area contributed by atoms with Gasteiger partial charge in [-0.25, -0.2) is 0 Å². The molecule has 17 heavy (non-hydrogen) atoms. The largest absolute Gasteiger partial charge is 0.496 e. The maximum absolute atomic E-state index is 9.02. The van der Waals surface area contributed by atoms with Gasteiger partial charge in [0, 0.05) is 5.56 Å². The van der Waals surface area contributed by atoms with Crippen molar-refractivity contribution < 1.29 is 9.84 Å². The van der Waals surface area contributed by atoms with Crippen LogP contribution in [0.2, 0.25) is 0 Å². The molecule has 0 heterocycles. The van der Waals surface area contributed by atoms with Gasteiger partial charge >= 0.3 is 0 Å². The topological polar surface area (TPSA) is 29.5 Å². The second kappa shape index (κ2) is 5.02. The van der Waals surface area contributed by atoms with Gasteiger partial charge in [0.05, 0.1) is 13.7 Å². The summed E-state index contributed by atoms with van der Waals surface area (Å²) >= 11 is 0. The molecule has 2 rings (SSSR count). The van der Waals surface area contributed by atoms with E-state index in [0.717, 1.165) is 22.4 Å². The first-order valence-corrected chi connectivity index (χ1v) is 5.59. The minimum absolute atomic E-state index is 0.0746. The zero-order chi connectivity index (χ0) is 12.3. The predicted octanol–water partition coefficient (Wildman–Crippen LogP) is 3.16. The van der Waals surface area contributed by atoms with E-state index in [9.17, 15) is 0 Å². The van der Waals surface area contributed by atoms with Gasteiger partial charge in [-0.3, -0.25) is 0 Å². The standard InChI is InChI=1S/C15H16O2/c1-11-3-8-15(17-2)14(9-11)13-6-4-12(10-16)5-7-13/h3-9,16H,10H2,1-2H3. The van der Waals surface area contributed by atoms with Crippen molar-refractivity contribution in [2.75, 3.05) is 7.11 Å². The molecule has 0 aliphatic carbocycles. The molecule has 0 bridgehead atoms. The van der Waals surface area contributed by atoms with Crippen molar-refractivity contribution in [2.45, 2.75) is 13.5 Å². The maximum atomic E-state index is 9.02. The van der Waals surface area contributed by atoms with E-state index in [2.05, 4.69) is 13.0 Å². The normalized spacial score (nSPS) is 10.3. The molecular weight excluding hydrogens is 212 g/mol. The van der Waals surface area contributed by atoms with Crippen LogP contribution >= 0.6 is 0 Å². The van der Waals surface area contributed by atoms with Crippen molar-refractivity contribution in [3.8, 4) is 16.9 Å². The van der Waals surface area contributed by atoms with Crippen molar-refractivity contribution in [2.24, 2.45) is 0 Å². The van der Waals surface area contributed by atoms with Crippen LogP contribution < -0.4 is 4.74 Å². The van der Waals surface area contributed by atoms with Gasteiger partial charge in [0.15, 0.2) is 0 Å². The summed E-state index contributed by atoms with van der Waals surface area (Å²) in [6, 6.07) is 14.0. The van der Waals surface area contributed by atoms with Gasteiger partial charge in [-0.1, -0.05) is 35.9 Å². The molecule has 0 unspecified atom stereocenters. The lowest BCUT2D eigenvalue weighted by atomic mass is 10.0. The average Bonchev–Trinajstić information content (AvgIpc) is 2.39. The third-order valence-electron chi connectivity index (χ3n) is 2.80. The minimum atomic E-state index is 0.0746. The first kappa shape index (κ1) is 11.7. The number of aliphatic hydroxyl groups excluding tert-OH is 1. The Bertz CT molecular complexity index is 501. The number of methoxy groups -OCH3 is 1. The van der Waals surface area contributed by atoms with Crippen LogP contribution in [-0.4, -0.2) is 12.2 Å². The minimum Gasteiger partial charge on any atom is -0.496 e. The van der Waals surface area contributed by atoms with Crippen LogP contribution in [0.4, 0.5) is 0 Å². The van der Waals surface area contributed by atoms with Crippen molar-refractivity contribution in [3.63, 3.8) is 0 Å². The molecule has 0 saturated heterocycles. The second-order valence-electron chi connectivity index (χ2n) is 4.06. The Kier molecular flexibility index (Phi) is 3.45. The van der Waals surface area contributed by atoms with Crippen LogP contribution in [0.5, 0.6) is 5.75 Å². The summed E-state index contributed by atoms with van der Waals surface area (Å²) < 4.78 is 5.36. The second-order valence-corrected chi connectivity index (χ2v) is 4.06. The fourth-order valence-electron chi connectivity index (χ4n) is 1.84. The molecule has 2 aromatic rings. The lowest BCUT2D eigenvalue weighted by molar-refractivity contribution is 0.282. The monoisotopic (exact) mass is 228 g/mol. The van der Waals surface area contributed by atoms with E-state index >= 15 is 0 Å². The summed E-state index contributed by atoms with van der Waals surface area (Å²) in [5.74, 6) is 0.868. The van der Waals surface area contributed by atoms with E-state index in [1.165, 1.54) is 5.56 Å². The lowest BCUT2D eigenvalue weighted by Gasteiger charge is -2.10. The Hall–Kier alpha value is -1.80. The number of aryl methyl sites for hydroxylation is 1. The Balaban J connectivity index is 2.47. The van der Waals surface area contributed by atoms with E-state index in [0.29, 0.717) is 0 Å². The molecule has 2 heteroatoms. The van der Waals surface area contributed by atoms with Gasteiger partial charge in [-0.15, -0.1) is 0 Å². The average molecular weight is 228 g/mol. The highest BCUT2D eigenvalue weighted by Crippen LogP contribution is 2.30. The van der Waals surface area contributed by atoms with Gasteiger partial charge in [0.2, 0.25) is 0 Å². The molecular formula is C15H16O2. The number of aliphatic hydroxyl groups is 1. The number of hydrogen-bond donors (Lipinski definition) is 1. The van der Waals surface area contributed by atoms with E-state index < -0.39 is 0 Å². The van der Waals surface area contributed by atoms with Gasteiger partial charge in [0.1, 0.15) is 5.75 Å². The number of benzene rings is 2.